The minimum atomic E-state index is -0.322. The van der Waals surface area contributed by atoms with E-state index in [9.17, 15) is 9.59 Å². The van der Waals surface area contributed by atoms with Crippen LogP contribution in [0.15, 0.2) is 23.0 Å². The van der Waals surface area contributed by atoms with Crippen molar-refractivity contribution < 1.29 is 4.79 Å². The molecule has 1 amide bonds. The van der Waals surface area contributed by atoms with Crippen molar-refractivity contribution in [2.24, 2.45) is 13.0 Å². The molecule has 0 fully saturated rings. The molecule has 6 nitrogen and oxygen atoms in total. The highest BCUT2D eigenvalue weighted by Crippen LogP contribution is 2.22. The summed E-state index contributed by atoms with van der Waals surface area (Å²) in [5, 5.41) is 1.05. The molecule has 1 aromatic heterocycles. The molecule has 1 heterocycles. The second-order valence-electron chi connectivity index (χ2n) is 7.66. The lowest BCUT2D eigenvalue weighted by molar-refractivity contribution is -0.134. The lowest BCUT2D eigenvalue weighted by atomic mass is 10.1. The molecule has 1 atom stereocenters. The van der Waals surface area contributed by atoms with Crippen LogP contribution >= 0.6 is 11.6 Å². The maximum Gasteiger partial charge on any atom is 0.261 e. The predicted octanol–water partition coefficient (Wildman–Crippen LogP) is 3.08. The summed E-state index contributed by atoms with van der Waals surface area (Å²) in [4.78, 5) is 34.2. The third-order valence-corrected chi connectivity index (χ3v) is 4.84. The topological polar surface area (TPSA) is 58.4 Å². The maximum absolute atomic E-state index is 12.9. The quantitative estimate of drug-likeness (QED) is 0.726. The fourth-order valence-corrected chi connectivity index (χ4v) is 3.25. The van der Waals surface area contributed by atoms with Gasteiger partial charge >= 0.3 is 0 Å². The summed E-state index contributed by atoms with van der Waals surface area (Å²) in [7, 11) is 5.65. The van der Waals surface area contributed by atoms with E-state index in [1.54, 1.807) is 25.2 Å². The van der Waals surface area contributed by atoms with Crippen molar-refractivity contribution >= 4 is 28.4 Å². The van der Waals surface area contributed by atoms with Crippen molar-refractivity contribution in [3.8, 4) is 0 Å². The van der Waals surface area contributed by atoms with Crippen molar-refractivity contribution in [3.05, 3.63) is 39.4 Å². The minimum absolute atomic E-state index is 0.0693. The molecule has 2 rings (SSSR count). The van der Waals surface area contributed by atoms with Crippen molar-refractivity contribution in [2.45, 2.75) is 33.2 Å². The zero-order chi connectivity index (χ0) is 20.3. The van der Waals surface area contributed by atoms with E-state index in [0.717, 1.165) is 6.54 Å². The van der Waals surface area contributed by atoms with Crippen molar-refractivity contribution in [2.75, 3.05) is 27.2 Å². The minimum Gasteiger partial charge on any atom is -0.331 e. The van der Waals surface area contributed by atoms with Crippen LogP contribution in [-0.2, 0) is 11.8 Å². The molecule has 0 N–H and O–H groups in total. The Morgan fingerprint density at radius 3 is 2.48 bits per heavy atom. The fraction of sp³-hybridized carbons (Fsp3) is 0.550. The lowest BCUT2D eigenvalue weighted by Crippen LogP contribution is -2.41. The molecule has 148 valence electrons. The predicted molar refractivity (Wildman–Crippen MR) is 110 cm³/mol. The molecule has 0 radical (unpaired) electrons. The van der Waals surface area contributed by atoms with Crippen LogP contribution in [0.2, 0.25) is 5.02 Å². The van der Waals surface area contributed by atoms with E-state index in [2.05, 4.69) is 4.98 Å². The Bertz CT molecular complexity index is 876. The zero-order valence-electron chi connectivity index (χ0n) is 17.0. The van der Waals surface area contributed by atoms with Crippen LogP contribution in [-0.4, -0.2) is 52.4 Å². The van der Waals surface area contributed by atoms with Gasteiger partial charge < -0.3 is 9.80 Å². The summed E-state index contributed by atoms with van der Waals surface area (Å²) >= 11 is 6.08. The summed E-state index contributed by atoms with van der Waals surface area (Å²) in [5.41, 5.74) is 0.415. The Kier molecular flexibility index (Phi) is 7.00. The number of fused-ring (bicyclic) bond motifs is 1. The van der Waals surface area contributed by atoms with Crippen molar-refractivity contribution in [3.63, 3.8) is 0 Å². The van der Waals surface area contributed by atoms with Gasteiger partial charge in [0, 0.05) is 31.6 Å². The number of benzene rings is 1. The first-order chi connectivity index (χ1) is 12.6. The van der Waals surface area contributed by atoms with Gasteiger partial charge in [0.25, 0.3) is 5.56 Å². The van der Waals surface area contributed by atoms with Gasteiger partial charge in [-0.3, -0.25) is 14.2 Å². The molecule has 0 saturated carbocycles. The van der Waals surface area contributed by atoms with Gasteiger partial charge in [0.05, 0.1) is 16.9 Å². The molecule has 0 aliphatic carbocycles. The van der Waals surface area contributed by atoms with E-state index in [-0.39, 0.29) is 23.4 Å². The molecule has 0 bridgehead atoms. The first kappa shape index (κ1) is 21.4. The number of carbonyl (C=O) groups excluding carboxylic acids is 1. The Balaban J connectivity index is 2.49. The molecular formula is C20H29ClN4O2. The van der Waals surface area contributed by atoms with Crippen LogP contribution < -0.4 is 5.56 Å². The maximum atomic E-state index is 12.9. The molecule has 0 aliphatic rings. The van der Waals surface area contributed by atoms with Crippen LogP contribution in [0.25, 0.3) is 10.9 Å². The van der Waals surface area contributed by atoms with E-state index < -0.39 is 0 Å². The van der Waals surface area contributed by atoms with Crippen molar-refractivity contribution in [1.82, 2.24) is 19.4 Å². The highest BCUT2D eigenvalue weighted by Gasteiger charge is 2.25. The van der Waals surface area contributed by atoms with Gasteiger partial charge in [0.15, 0.2) is 0 Å². The number of amides is 1. The summed E-state index contributed by atoms with van der Waals surface area (Å²) in [6.07, 6.45) is 0.463. The van der Waals surface area contributed by atoms with Gasteiger partial charge in [0.1, 0.15) is 5.82 Å². The highest BCUT2D eigenvalue weighted by atomic mass is 35.5. The van der Waals surface area contributed by atoms with Gasteiger partial charge in [-0.25, -0.2) is 4.98 Å². The van der Waals surface area contributed by atoms with E-state index in [1.807, 2.05) is 44.7 Å². The summed E-state index contributed by atoms with van der Waals surface area (Å²) in [5.74, 6) is 0.893. The lowest BCUT2D eigenvalue weighted by Gasteiger charge is -2.31. The number of carbonyl (C=O) groups is 1. The standard InChI is InChI=1S/C20H29ClN4O2/c1-13(2)11-18(26)25(10-9-23(4)5)14(3)19-22-17-12-15(21)7-8-16(17)20(27)24(19)6/h7-8,12-14H,9-11H2,1-6H3. The van der Waals surface area contributed by atoms with Crippen molar-refractivity contribution in [1.29, 1.82) is 0 Å². The number of nitrogens with zero attached hydrogens (tertiary/aromatic N) is 4. The van der Waals surface area contributed by atoms with Crippen LogP contribution in [0, 0.1) is 5.92 Å². The number of halogens is 1. The summed E-state index contributed by atoms with van der Waals surface area (Å²) in [6.45, 7) is 7.29. The third-order valence-electron chi connectivity index (χ3n) is 4.61. The third kappa shape index (κ3) is 5.08. The molecule has 0 aliphatic heterocycles. The van der Waals surface area contributed by atoms with E-state index in [1.165, 1.54) is 4.57 Å². The Morgan fingerprint density at radius 1 is 1.22 bits per heavy atom. The van der Waals surface area contributed by atoms with E-state index >= 15 is 0 Å². The van der Waals surface area contributed by atoms with Crippen LogP contribution in [0.1, 0.15) is 39.1 Å². The fourth-order valence-electron chi connectivity index (χ4n) is 3.08. The normalized spacial score (nSPS) is 12.8. The number of rotatable bonds is 7. The monoisotopic (exact) mass is 392 g/mol. The Hall–Kier alpha value is -1.92. The van der Waals surface area contributed by atoms with Crippen LogP contribution in [0.5, 0.6) is 0 Å². The number of hydrogen-bond acceptors (Lipinski definition) is 4. The SMILES string of the molecule is CC(C)CC(=O)N(CCN(C)C)C(C)c1nc2cc(Cl)ccc2c(=O)n1C. The van der Waals surface area contributed by atoms with E-state index in [4.69, 9.17) is 11.6 Å². The second-order valence-corrected chi connectivity index (χ2v) is 8.10. The Labute approximate surface area is 165 Å². The molecule has 1 unspecified atom stereocenters. The average Bonchev–Trinajstić information content (AvgIpc) is 2.56. The number of likely N-dealkylation sites (N-methyl/N-ethyl adjacent to an activating group) is 1. The number of aromatic nitrogens is 2. The second kappa shape index (κ2) is 8.85. The average molecular weight is 393 g/mol. The summed E-state index contributed by atoms with van der Waals surface area (Å²) in [6, 6.07) is 4.74. The first-order valence-corrected chi connectivity index (χ1v) is 9.60. The van der Waals surface area contributed by atoms with Crippen LogP contribution in [0.3, 0.4) is 0 Å². The molecule has 0 saturated heterocycles. The number of hydrogen-bond donors (Lipinski definition) is 0. The highest BCUT2D eigenvalue weighted by molar-refractivity contribution is 6.31. The van der Waals surface area contributed by atoms with Gasteiger partial charge in [-0.1, -0.05) is 25.4 Å². The van der Waals surface area contributed by atoms with E-state index in [0.29, 0.717) is 34.7 Å². The largest absolute Gasteiger partial charge is 0.331 e. The van der Waals surface area contributed by atoms with Gasteiger partial charge in [0.2, 0.25) is 5.91 Å². The molecule has 0 spiro atoms. The van der Waals surface area contributed by atoms with Gasteiger partial charge in [-0.15, -0.1) is 0 Å². The van der Waals surface area contributed by atoms with Crippen LogP contribution in [0.4, 0.5) is 0 Å². The Morgan fingerprint density at radius 2 is 1.89 bits per heavy atom. The smallest absolute Gasteiger partial charge is 0.261 e. The van der Waals surface area contributed by atoms with Gasteiger partial charge in [-0.2, -0.15) is 0 Å². The molecule has 7 heteroatoms. The molecule has 2 aromatic rings. The molecular weight excluding hydrogens is 364 g/mol. The summed E-state index contributed by atoms with van der Waals surface area (Å²) < 4.78 is 1.53. The molecule has 27 heavy (non-hydrogen) atoms. The zero-order valence-corrected chi connectivity index (χ0v) is 17.7. The molecule has 1 aromatic carbocycles. The first-order valence-electron chi connectivity index (χ1n) is 9.22. The van der Waals surface area contributed by atoms with Gasteiger partial charge in [-0.05, 0) is 45.1 Å².